The van der Waals surface area contributed by atoms with E-state index in [9.17, 15) is 0 Å². The van der Waals surface area contributed by atoms with Crippen LogP contribution in [0.25, 0.3) is 120 Å². The van der Waals surface area contributed by atoms with Crippen molar-refractivity contribution < 1.29 is 22.1 Å². The van der Waals surface area contributed by atoms with Gasteiger partial charge in [-0.05, 0) is 343 Å². The number of nitrogens with zero attached hydrogens (tertiary/aromatic N) is 7. The minimum atomic E-state index is 0.680. The number of aryl methyl sites for hydroxylation is 21. The van der Waals surface area contributed by atoms with E-state index in [-0.39, 0.29) is 0 Å². The standard InChI is InChI=1S/C18H15NO.2C18H15NS.4C16H15NO/c1-12-4-5-15(10-13(12)2)6-7-16-8-9-18-17(11-16)19-14(3)20-18;1-12-4-5-15(10-13(12)2)6-7-16-8-9-17-18(11-16)20-14(3)19-17;1-12-7-8-15(11-13(12)2)9-10-16-5-4-6-17-18(16)20-14(3)19-17;1-10-4-5-13(8-11(10)2)14-6-7-16-15(9-14)17-12(3)18-16;1-10-4-5-13(8-11(10)2)14-6-7-15-16(9-14)18-12(3)17-15;1-10-7-8-13(9-11(10)2)14-5-4-6-15-16(14)17-12(3)18-15;1-10-7-8-13(9-11(10)2)14-5-4-6-15-16(14)18-12(3)17-15/h2*4-5,8-11H,1-3H3;4-8,11H,1-3H3;4*4-9H,1-3H3. The lowest BCUT2D eigenvalue weighted by Crippen LogP contribution is -1.85. The number of rotatable bonds is 4. The minimum Gasteiger partial charge on any atom is -0.441 e. The Hall–Kier alpha value is -15.1. The average molecular weight is 1770 g/mol. The SMILES string of the molecule is Cc1nc2c(-c3ccc(C)c(C)c3)cccc2o1.Cc1nc2cc(-c3ccc(C)c(C)c3)ccc2o1.Cc1nc2cc(C#Cc3ccc(C)c(C)c3)ccc2o1.Cc1nc2ccc(-c3ccc(C)c(C)c3)cc2o1.Cc1nc2ccc(C#Cc3ccc(C)c(C)c3)cc2s1.Cc1nc2cccc(-c3ccc(C)c(C)c3)c2o1.Cc1nc2cccc(C#Cc3ccc(C)c(C)c3)c2s1. The van der Waals surface area contributed by atoms with Crippen LogP contribution in [0.2, 0.25) is 0 Å². The molecule has 0 amide bonds. The van der Waals surface area contributed by atoms with E-state index >= 15 is 0 Å². The van der Waals surface area contributed by atoms with Gasteiger partial charge in [0.2, 0.25) is 0 Å². The zero-order valence-corrected chi connectivity index (χ0v) is 80.4. The maximum atomic E-state index is 5.71. The summed E-state index contributed by atoms with van der Waals surface area (Å²) in [5.41, 5.74) is 44.7. The Labute approximate surface area is 781 Å². The van der Waals surface area contributed by atoms with Crippen molar-refractivity contribution in [2.24, 2.45) is 0 Å². The van der Waals surface area contributed by atoms with Gasteiger partial charge in [0.25, 0.3) is 0 Å². The van der Waals surface area contributed by atoms with Gasteiger partial charge in [0.15, 0.2) is 57.4 Å². The van der Waals surface area contributed by atoms with Crippen LogP contribution < -0.4 is 0 Å². The molecular weight excluding hydrogens is 1660 g/mol. The monoisotopic (exact) mass is 1760 g/mol. The van der Waals surface area contributed by atoms with Crippen molar-refractivity contribution in [3.8, 4) is 80.0 Å². The fourth-order valence-electron chi connectivity index (χ4n) is 15.0. The molecule has 0 spiro atoms. The largest absolute Gasteiger partial charge is 0.441 e. The molecule has 0 atom stereocenters. The van der Waals surface area contributed by atoms with E-state index in [0.717, 1.165) is 121 Å². The fraction of sp³-hybridized carbons (Fsp3) is 0.178. The molecule has 0 aliphatic rings. The van der Waals surface area contributed by atoms with E-state index in [1.165, 1.54) is 121 Å². The lowest BCUT2D eigenvalue weighted by Gasteiger charge is -2.05. The first-order valence-corrected chi connectivity index (χ1v) is 45.7. The summed E-state index contributed by atoms with van der Waals surface area (Å²) < 4.78 is 30.2. The van der Waals surface area contributed by atoms with Crippen LogP contribution >= 0.6 is 22.7 Å². The first-order valence-electron chi connectivity index (χ1n) is 44.1. The van der Waals surface area contributed by atoms with Crippen LogP contribution in [0.15, 0.2) is 277 Å². The summed E-state index contributed by atoms with van der Waals surface area (Å²) in [6.45, 7) is 43.1. The third-order valence-corrected chi connectivity index (χ3v) is 25.4. The molecule has 0 N–H and O–H groups in total. The summed E-state index contributed by atoms with van der Waals surface area (Å²) in [7, 11) is 0. The Balaban J connectivity index is 0.000000118. The number of para-hydroxylation sites is 2. The summed E-state index contributed by atoms with van der Waals surface area (Å²) >= 11 is 3.42. The van der Waals surface area contributed by atoms with E-state index in [2.05, 4.69) is 337 Å². The van der Waals surface area contributed by atoms with Crippen LogP contribution in [0.4, 0.5) is 0 Å². The molecule has 0 saturated heterocycles. The molecule has 7 aromatic heterocycles. The summed E-state index contributed by atoms with van der Waals surface area (Å²) in [6, 6.07) is 87.5. The zero-order valence-electron chi connectivity index (χ0n) is 78.7. The zero-order chi connectivity index (χ0) is 93.1. The van der Waals surface area contributed by atoms with E-state index in [0.29, 0.717) is 29.5 Å². The van der Waals surface area contributed by atoms with Crippen molar-refractivity contribution in [1.29, 1.82) is 0 Å². The highest BCUT2D eigenvalue weighted by molar-refractivity contribution is 7.19. The highest BCUT2D eigenvalue weighted by Crippen LogP contribution is 2.35. The van der Waals surface area contributed by atoms with Gasteiger partial charge in [-0.1, -0.05) is 169 Å². The summed E-state index contributed by atoms with van der Waals surface area (Å²) in [4.78, 5) is 30.8. The second kappa shape index (κ2) is 40.7. The molecule has 0 saturated carbocycles. The summed E-state index contributed by atoms with van der Waals surface area (Å²) in [5, 5.41) is 2.18. The van der Waals surface area contributed by atoms with Gasteiger partial charge in [-0.2, -0.15) is 0 Å². The summed E-state index contributed by atoms with van der Waals surface area (Å²) in [5.74, 6) is 22.9. The molecule has 0 aliphatic carbocycles. The predicted molar refractivity (Wildman–Crippen MR) is 548 cm³/mol. The van der Waals surface area contributed by atoms with Crippen molar-refractivity contribution in [3.05, 3.63) is 406 Å². The molecule has 7 heterocycles. The second-order valence-electron chi connectivity index (χ2n) is 33.7. The molecule has 12 nitrogen and oxygen atoms in total. The average Bonchev–Trinajstić information content (AvgIpc) is 1.62. The Morgan fingerprint density at radius 3 is 1.13 bits per heavy atom. The summed E-state index contributed by atoms with van der Waals surface area (Å²) in [6.07, 6.45) is 0. The highest BCUT2D eigenvalue weighted by Gasteiger charge is 2.15. The first kappa shape index (κ1) is 91.6. The highest BCUT2D eigenvalue weighted by atomic mass is 32.1. The normalized spacial score (nSPS) is 10.7. The van der Waals surface area contributed by atoms with Crippen molar-refractivity contribution in [2.75, 3.05) is 0 Å². The van der Waals surface area contributed by atoms with Crippen LogP contribution in [0.1, 0.15) is 151 Å². The number of oxazole rings is 5. The third-order valence-electron chi connectivity index (χ3n) is 23.4. The molecule has 0 bridgehead atoms. The van der Waals surface area contributed by atoms with E-state index in [4.69, 9.17) is 22.1 Å². The van der Waals surface area contributed by atoms with E-state index in [1.54, 1.807) is 22.7 Å². The molecular formula is C118H105N7O5S2. The van der Waals surface area contributed by atoms with Gasteiger partial charge in [0.1, 0.15) is 27.6 Å². The molecule has 14 aromatic carbocycles. The third kappa shape index (κ3) is 22.6. The lowest BCUT2D eigenvalue weighted by molar-refractivity contribution is 0.560. The fourth-order valence-corrected chi connectivity index (χ4v) is 16.7. The number of aromatic nitrogens is 7. The Morgan fingerprint density at radius 2 is 0.568 bits per heavy atom. The number of benzene rings is 14. The molecule has 654 valence electrons. The number of hydrogen-bond donors (Lipinski definition) is 0. The van der Waals surface area contributed by atoms with Crippen LogP contribution in [0.3, 0.4) is 0 Å². The molecule has 21 aromatic rings. The molecule has 0 radical (unpaired) electrons. The van der Waals surface area contributed by atoms with E-state index in [1.807, 2.05) is 133 Å². The molecule has 132 heavy (non-hydrogen) atoms. The smallest absolute Gasteiger partial charge is 0.192 e. The number of thiazole rings is 2. The maximum absolute atomic E-state index is 5.71. The maximum Gasteiger partial charge on any atom is 0.192 e. The van der Waals surface area contributed by atoms with Gasteiger partial charge in [0, 0.05) is 79.1 Å². The van der Waals surface area contributed by atoms with Gasteiger partial charge in [-0.25, -0.2) is 34.9 Å². The van der Waals surface area contributed by atoms with Crippen molar-refractivity contribution in [3.63, 3.8) is 0 Å². The number of fused-ring (bicyclic) bond motifs is 7. The van der Waals surface area contributed by atoms with Gasteiger partial charge in [0.05, 0.1) is 30.4 Å². The van der Waals surface area contributed by atoms with Crippen molar-refractivity contribution >= 4 is 98.6 Å². The first-order chi connectivity index (χ1) is 63.4. The van der Waals surface area contributed by atoms with Crippen molar-refractivity contribution in [1.82, 2.24) is 34.9 Å². The van der Waals surface area contributed by atoms with Gasteiger partial charge < -0.3 is 22.1 Å². The lowest BCUT2D eigenvalue weighted by atomic mass is 10.00. The minimum absolute atomic E-state index is 0.680. The van der Waals surface area contributed by atoms with Crippen LogP contribution in [0.5, 0.6) is 0 Å². The number of hydrogen-bond acceptors (Lipinski definition) is 14. The van der Waals surface area contributed by atoms with Crippen LogP contribution in [-0.4, -0.2) is 34.9 Å². The Kier molecular flexibility index (Phi) is 28.2. The molecule has 0 unspecified atom stereocenters. The predicted octanol–water partition coefficient (Wildman–Crippen LogP) is 31.1. The van der Waals surface area contributed by atoms with Crippen molar-refractivity contribution in [2.45, 2.75) is 145 Å². The van der Waals surface area contributed by atoms with Gasteiger partial charge in [-0.3, -0.25) is 0 Å². The van der Waals surface area contributed by atoms with Gasteiger partial charge in [-0.15, -0.1) is 22.7 Å². The Morgan fingerprint density at radius 1 is 0.212 bits per heavy atom. The van der Waals surface area contributed by atoms with Crippen LogP contribution in [-0.2, 0) is 0 Å². The Bertz CT molecular complexity index is 7700. The molecule has 21 rings (SSSR count). The van der Waals surface area contributed by atoms with Gasteiger partial charge >= 0.3 is 0 Å². The second-order valence-corrected chi connectivity index (χ2v) is 36.1. The molecule has 0 fully saturated rings. The molecule has 0 aliphatic heterocycles. The topological polar surface area (TPSA) is 156 Å². The molecule has 14 heteroatoms. The quantitative estimate of drug-likeness (QED) is 0.154. The van der Waals surface area contributed by atoms with E-state index < -0.39 is 0 Å². The van der Waals surface area contributed by atoms with Crippen LogP contribution in [0, 0.1) is 181 Å².